The summed E-state index contributed by atoms with van der Waals surface area (Å²) >= 11 is 9.29. The van der Waals surface area contributed by atoms with Gasteiger partial charge in [0.05, 0.1) is 5.02 Å². The van der Waals surface area contributed by atoms with Crippen LogP contribution in [0, 0.1) is 0 Å². The van der Waals surface area contributed by atoms with Gasteiger partial charge in [0.1, 0.15) is 4.90 Å². The van der Waals surface area contributed by atoms with Crippen LogP contribution in [-0.2, 0) is 16.6 Å². The van der Waals surface area contributed by atoms with Crippen molar-refractivity contribution >= 4 is 43.2 Å². The van der Waals surface area contributed by atoms with Gasteiger partial charge in [0.2, 0.25) is 10.0 Å². The van der Waals surface area contributed by atoms with Crippen molar-refractivity contribution in [3.63, 3.8) is 0 Å². The normalized spacial score (nSPS) is 11.8. The minimum atomic E-state index is -3.68. The highest BCUT2D eigenvalue weighted by Crippen LogP contribution is 2.28. The molecule has 0 amide bonds. The van der Waals surface area contributed by atoms with E-state index in [2.05, 4.69) is 15.9 Å². The maximum Gasteiger partial charge on any atom is 0.244 e. The van der Waals surface area contributed by atoms with Gasteiger partial charge in [0, 0.05) is 23.8 Å². The molecule has 0 radical (unpaired) electrons. The average molecular weight is 390 g/mol. The molecule has 112 valence electrons. The molecule has 21 heavy (non-hydrogen) atoms. The first-order valence-electron chi connectivity index (χ1n) is 6.07. The van der Waals surface area contributed by atoms with Crippen molar-refractivity contribution in [3.05, 3.63) is 57.5 Å². The van der Waals surface area contributed by atoms with Crippen LogP contribution in [0.4, 0.5) is 5.69 Å². The van der Waals surface area contributed by atoms with E-state index in [4.69, 9.17) is 17.3 Å². The van der Waals surface area contributed by atoms with E-state index in [1.807, 2.05) is 6.07 Å². The van der Waals surface area contributed by atoms with E-state index in [-0.39, 0.29) is 16.5 Å². The Bertz CT molecular complexity index is 765. The zero-order chi connectivity index (χ0) is 15.6. The first-order chi connectivity index (χ1) is 9.82. The van der Waals surface area contributed by atoms with Gasteiger partial charge in [0.15, 0.2) is 0 Å². The second-order valence-corrected chi connectivity index (χ2v) is 7.87. The Kier molecular flexibility index (Phi) is 4.93. The molecule has 0 atom stereocenters. The van der Waals surface area contributed by atoms with E-state index < -0.39 is 10.0 Å². The van der Waals surface area contributed by atoms with Crippen molar-refractivity contribution in [1.29, 1.82) is 0 Å². The molecule has 4 nitrogen and oxygen atoms in total. The summed E-state index contributed by atoms with van der Waals surface area (Å²) in [5, 5.41) is 0.178. The molecule has 0 aliphatic heterocycles. The number of sulfonamides is 1. The summed E-state index contributed by atoms with van der Waals surface area (Å²) in [5.74, 6) is 0. The monoisotopic (exact) mass is 388 g/mol. The lowest BCUT2D eigenvalue weighted by molar-refractivity contribution is 0.467. The fraction of sp³-hybridized carbons (Fsp3) is 0.143. The summed E-state index contributed by atoms with van der Waals surface area (Å²) in [6.45, 7) is 0.182. The SMILES string of the molecule is CN(Cc1ccccc1N)S(=O)(=O)c1ccc(Br)cc1Cl. The van der Waals surface area contributed by atoms with Crippen molar-refractivity contribution in [1.82, 2.24) is 4.31 Å². The molecule has 2 aromatic rings. The van der Waals surface area contributed by atoms with Crippen LogP contribution < -0.4 is 5.73 Å². The maximum absolute atomic E-state index is 12.6. The fourth-order valence-electron chi connectivity index (χ4n) is 1.86. The summed E-state index contributed by atoms with van der Waals surface area (Å²) in [4.78, 5) is 0.0735. The van der Waals surface area contributed by atoms with Gasteiger partial charge in [0.25, 0.3) is 0 Å². The van der Waals surface area contributed by atoms with Crippen LogP contribution in [-0.4, -0.2) is 19.8 Å². The number of halogens is 2. The lowest BCUT2D eigenvalue weighted by atomic mass is 10.2. The molecule has 0 unspecified atom stereocenters. The smallest absolute Gasteiger partial charge is 0.244 e. The highest BCUT2D eigenvalue weighted by Gasteiger charge is 2.24. The summed E-state index contributed by atoms with van der Waals surface area (Å²) < 4.78 is 27.1. The Morgan fingerprint density at radius 3 is 2.52 bits per heavy atom. The van der Waals surface area contributed by atoms with Crippen molar-refractivity contribution in [2.75, 3.05) is 12.8 Å². The average Bonchev–Trinajstić information content (AvgIpc) is 2.40. The third kappa shape index (κ3) is 3.58. The largest absolute Gasteiger partial charge is 0.398 e. The predicted molar refractivity (Wildman–Crippen MR) is 88.7 cm³/mol. The molecule has 0 aromatic heterocycles. The predicted octanol–water partition coefficient (Wildman–Crippen LogP) is 3.51. The Balaban J connectivity index is 2.33. The first-order valence-corrected chi connectivity index (χ1v) is 8.68. The lowest BCUT2D eigenvalue weighted by Crippen LogP contribution is -2.27. The molecule has 0 aliphatic carbocycles. The fourth-order valence-corrected chi connectivity index (χ4v) is 4.01. The van der Waals surface area contributed by atoms with Crippen molar-refractivity contribution in [2.24, 2.45) is 0 Å². The molecule has 2 N–H and O–H groups in total. The zero-order valence-electron chi connectivity index (χ0n) is 11.3. The van der Waals surface area contributed by atoms with E-state index >= 15 is 0 Å². The van der Waals surface area contributed by atoms with Crippen LogP contribution in [0.15, 0.2) is 51.8 Å². The number of hydrogen-bond acceptors (Lipinski definition) is 3. The van der Waals surface area contributed by atoms with Crippen LogP contribution >= 0.6 is 27.5 Å². The Morgan fingerprint density at radius 2 is 1.90 bits per heavy atom. The number of nitrogens with zero attached hydrogens (tertiary/aromatic N) is 1. The second kappa shape index (κ2) is 6.36. The minimum absolute atomic E-state index is 0.0735. The van der Waals surface area contributed by atoms with Crippen LogP contribution in [0.1, 0.15) is 5.56 Å². The third-order valence-corrected chi connectivity index (χ3v) is 5.81. The maximum atomic E-state index is 12.6. The number of benzene rings is 2. The summed E-state index contributed by atoms with van der Waals surface area (Å²) in [7, 11) is -2.18. The molecule has 0 saturated heterocycles. The molecule has 0 aliphatic rings. The van der Waals surface area contributed by atoms with Gasteiger partial charge in [-0.2, -0.15) is 4.31 Å². The highest BCUT2D eigenvalue weighted by molar-refractivity contribution is 9.10. The van der Waals surface area contributed by atoms with E-state index in [0.29, 0.717) is 5.69 Å². The van der Waals surface area contributed by atoms with Gasteiger partial charge in [-0.1, -0.05) is 45.7 Å². The van der Waals surface area contributed by atoms with Crippen LogP contribution in [0.2, 0.25) is 5.02 Å². The lowest BCUT2D eigenvalue weighted by Gasteiger charge is -2.19. The molecular weight excluding hydrogens is 376 g/mol. The van der Waals surface area contributed by atoms with Crippen LogP contribution in [0.3, 0.4) is 0 Å². The first kappa shape index (κ1) is 16.3. The van der Waals surface area contributed by atoms with Crippen molar-refractivity contribution in [3.8, 4) is 0 Å². The van der Waals surface area contributed by atoms with E-state index in [0.717, 1.165) is 10.0 Å². The zero-order valence-corrected chi connectivity index (χ0v) is 14.4. The second-order valence-electron chi connectivity index (χ2n) is 4.53. The summed E-state index contributed by atoms with van der Waals surface area (Å²) in [5.41, 5.74) is 7.15. The van der Waals surface area contributed by atoms with Gasteiger partial charge >= 0.3 is 0 Å². The van der Waals surface area contributed by atoms with Crippen molar-refractivity contribution < 1.29 is 8.42 Å². The molecule has 0 saturated carbocycles. The van der Waals surface area contributed by atoms with Crippen LogP contribution in [0.5, 0.6) is 0 Å². The Morgan fingerprint density at radius 1 is 1.24 bits per heavy atom. The highest BCUT2D eigenvalue weighted by atomic mass is 79.9. The molecular formula is C14H14BrClN2O2S. The number of nitrogens with two attached hydrogens (primary N) is 1. The minimum Gasteiger partial charge on any atom is -0.398 e. The number of hydrogen-bond donors (Lipinski definition) is 1. The molecule has 2 aromatic carbocycles. The van der Waals surface area contributed by atoms with Gasteiger partial charge in [-0.25, -0.2) is 8.42 Å². The van der Waals surface area contributed by atoms with E-state index in [9.17, 15) is 8.42 Å². The quantitative estimate of drug-likeness (QED) is 0.814. The molecule has 0 spiro atoms. The molecule has 0 fully saturated rings. The molecule has 0 bridgehead atoms. The van der Waals surface area contributed by atoms with Gasteiger partial charge in [-0.3, -0.25) is 0 Å². The number of anilines is 1. The number of para-hydroxylation sites is 1. The van der Waals surface area contributed by atoms with Gasteiger partial charge < -0.3 is 5.73 Å². The Labute approximate surface area is 137 Å². The number of nitrogen functional groups attached to an aromatic ring is 1. The number of rotatable bonds is 4. The summed E-state index contributed by atoms with van der Waals surface area (Å²) in [6, 6.07) is 11.8. The molecule has 7 heteroatoms. The standard InChI is InChI=1S/C14H14BrClN2O2S/c1-18(9-10-4-2-3-5-13(10)17)21(19,20)14-7-6-11(15)8-12(14)16/h2-8H,9,17H2,1H3. The van der Waals surface area contributed by atoms with E-state index in [1.54, 1.807) is 30.3 Å². The topological polar surface area (TPSA) is 63.4 Å². The molecule has 0 heterocycles. The third-order valence-electron chi connectivity index (χ3n) is 3.03. The van der Waals surface area contributed by atoms with Crippen molar-refractivity contribution in [2.45, 2.75) is 11.4 Å². The Hall–Kier alpha value is -1.08. The summed E-state index contributed by atoms with van der Waals surface area (Å²) in [6.07, 6.45) is 0. The van der Waals surface area contributed by atoms with Gasteiger partial charge in [-0.05, 0) is 29.8 Å². The van der Waals surface area contributed by atoms with Gasteiger partial charge in [-0.15, -0.1) is 0 Å². The van der Waals surface area contributed by atoms with E-state index in [1.165, 1.54) is 17.4 Å². The van der Waals surface area contributed by atoms with Crippen LogP contribution in [0.25, 0.3) is 0 Å². The molecule has 2 rings (SSSR count).